The van der Waals surface area contributed by atoms with Gasteiger partial charge in [-0.2, -0.15) is 8.42 Å². The van der Waals surface area contributed by atoms with Crippen LogP contribution in [0.1, 0.15) is 40.9 Å². The summed E-state index contributed by atoms with van der Waals surface area (Å²) in [5, 5.41) is 10.7. The van der Waals surface area contributed by atoms with Gasteiger partial charge in [-0.1, -0.05) is 26.0 Å². The first-order valence-electron chi connectivity index (χ1n) is 10.1. The molecule has 0 aliphatic rings. The molecule has 0 fully saturated rings. The minimum atomic E-state index is -3.86. The van der Waals surface area contributed by atoms with Crippen molar-refractivity contribution >= 4 is 84.4 Å². The van der Waals surface area contributed by atoms with Gasteiger partial charge in [-0.3, -0.25) is 4.31 Å². The van der Waals surface area contributed by atoms with Crippen molar-refractivity contribution < 1.29 is 23.1 Å². The van der Waals surface area contributed by atoms with Crippen LogP contribution in [0.5, 0.6) is 5.75 Å². The fraction of sp³-hybridized carbons (Fsp3) is 0.304. The monoisotopic (exact) mass is 514 g/mol. The van der Waals surface area contributed by atoms with Crippen LogP contribution in [0, 0.1) is 19.8 Å². The van der Waals surface area contributed by atoms with E-state index in [9.17, 15) is 13.2 Å². The zero-order chi connectivity index (χ0) is 23.5. The van der Waals surface area contributed by atoms with Crippen molar-refractivity contribution in [2.45, 2.75) is 38.6 Å². The van der Waals surface area contributed by atoms with Gasteiger partial charge >= 0.3 is 57.4 Å². The number of benzene rings is 2. The third-order valence-electron chi connectivity index (χ3n) is 4.89. The summed E-state index contributed by atoms with van der Waals surface area (Å²) in [6.45, 7) is 8.22. The third-order valence-corrected chi connectivity index (χ3v) is 7.85. The molecule has 1 N–H and O–H groups in total. The summed E-state index contributed by atoms with van der Waals surface area (Å²) < 4.78 is 34.3. The van der Waals surface area contributed by atoms with Crippen LogP contribution >= 0.6 is 11.3 Å². The van der Waals surface area contributed by atoms with E-state index in [2.05, 4.69) is 4.98 Å². The summed E-state index contributed by atoms with van der Waals surface area (Å²) in [6.07, 6.45) is 1.48. The first kappa shape index (κ1) is 28.0. The van der Waals surface area contributed by atoms with Gasteiger partial charge in [-0.15, -0.1) is 11.3 Å². The molecular formula is C23H27KN2O5S2. The molecule has 0 saturated heterocycles. The number of hydrogen-bond donors (Lipinski definition) is 1. The molecule has 1 heterocycles. The van der Waals surface area contributed by atoms with Crippen LogP contribution < -0.4 is 9.04 Å². The number of anilines is 1. The normalized spacial score (nSPS) is 11.2. The Morgan fingerprint density at radius 1 is 1.15 bits per heavy atom. The number of thiazole rings is 1. The zero-order valence-corrected chi connectivity index (χ0v) is 20.0. The van der Waals surface area contributed by atoms with Crippen LogP contribution in [-0.2, 0) is 16.6 Å². The molecule has 0 bridgehead atoms. The zero-order valence-electron chi connectivity index (χ0n) is 18.4. The van der Waals surface area contributed by atoms with Crippen molar-refractivity contribution in [3.8, 4) is 5.75 Å². The van der Waals surface area contributed by atoms with Crippen LogP contribution in [-0.4, -0.2) is 82.4 Å². The molecule has 1 aromatic heterocycles. The molecule has 0 aliphatic heterocycles. The third kappa shape index (κ3) is 6.88. The van der Waals surface area contributed by atoms with Crippen molar-refractivity contribution in [1.82, 2.24) is 4.98 Å². The van der Waals surface area contributed by atoms with Gasteiger partial charge in [0.05, 0.1) is 11.3 Å². The molecule has 0 amide bonds. The van der Waals surface area contributed by atoms with Crippen molar-refractivity contribution in [2.75, 3.05) is 10.8 Å². The molecule has 0 saturated carbocycles. The van der Waals surface area contributed by atoms with Crippen LogP contribution in [0.3, 0.4) is 0 Å². The van der Waals surface area contributed by atoms with E-state index in [-0.39, 0.29) is 80.4 Å². The molecule has 33 heavy (non-hydrogen) atoms. The predicted molar refractivity (Wildman–Crippen MR) is 132 cm³/mol. The van der Waals surface area contributed by atoms with E-state index in [0.29, 0.717) is 11.4 Å². The summed E-state index contributed by atoms with van der Waals surface area (Å²) in [5.41, 5.74) is 3.34. The molecule has 172 valence electrons. The Bertz CT molecular complexity index is 1190. The summed E-state index contributed by atoms with van der Waals surface area (Å²) in [7, 11) is -3.86. The van der Waals surface area contributed by atoms with Crippen molar-refractivity contribution in [1.29, 1.82) is 0 Å². The number of nitrogens with zero attached hydrogens (tertiary/aromatic N) is 2. The van der Waals surface area contributed by atoms with Gasteiger partial charge in [0, 0.05) is 18.1 Å². The second kappa shape index (κ2) is 11.9. The van der Waals surface area contributed by atoms with Crippen molar-refractivity contribution in [2.24, 2.45) is 5.92 Å². The number of aromatic nitrogens is 1. The standard InChI is InChI=1S/C23H26N2O5S2.K.H/c1-15(2)13-25(32(28,29)23-24-9-10-31-23)20-11-16(3)17(4)12-21(20)30-14-18-5-7-19(8-6-18)22(26)27;;/h5-12,15H,13-14H2,1-4H3,(H,26,27);;. The Labute approximate surface area is 241 Å². The Balaban J connectivity index is 0.00000385. The number of sulfonamides is 1. The van der Waals surface area contributed by atoms with E-state index >= 15 is 0 Å². The molecule has 2 aromatic carbocycles. The predicted octanol–water partition coefficient (Wildman–Crippen LogP) is 4.24. The van der Waals surface area contributed by atoms with E-state index in [1.165, 1.54) is 22.6 Å². The molecular weight excluding hydrogens is 487 g/mol. The Morgan fingerprint density at radius 3 is 2.33 bits per heavy atom. The van der Waals surface area contributed by atoms with Gasteiger partial charge in [-0.05, 0) is 60.7 Å². The summed E-state index contributed by atoms with van der Waals surface area (Å²) >= 11 is 1.08. The van der Waals surface area contributed by atoms with E-state index in [1.807, 2.05) is 39.8 Å². The molecule has 7 nitrogen and oxygen atoms in total. The van der Waals surface area contributed by atoms with Crippen LogP contribution in [0.4, 0.5) is 5.69 Å². The molecule has 0 atom stereocenters. The molecule has 3 rings (SSSR count). The number of ether oxygens (including phenoxy) is 1. The maximum atomic E-state index is 13.4. The van der Waals surface area contributed by atoms with Crippen LogP contribution in [0.2, 0.25) is 0 Å². The molecule has 10 heteroatoms. The summed E-state index contributed by atoms with van der Waals surface area (Å²) in [6, 6.07) is 10.1. The molecule has 3 aromatic rings. The topological polar surface area (TPSA) is 96.8 Å². The SMILES string of the molecule is Cc1cc(OCc2ccc(C(=O)O)cc2)c(N(CC(C)C)S(=O)(=O)c2nccs2)cc1C.[KH]. The minimum absolute atomic E-state index is 0. The number of carboxylic acids is 1. The van der Waals surface area contributed by atoms with Gasteiger partial charge in [0.15, 0.2) is 0 Å². The van der Waals surface area contributed by atoms with E-state index in [1.54, 1.807) is 17.5 Å². The number of rotatable bonds is 9. The quantitative estimate of drug-likeness (QED) is 0.429. The maximum absolute atomic E-state index is 13.4. The average Bonchev–Trinajstić information content (AvgIpc) is 3.28. The van der Waals surface area contributed by atoms with Crippen molar-refractivity contribution in [3.05, 3.63) is 70.2 Å². The summed E-state index contributed by atoms with van der Waals surface area (Å²) in [5.74, 6) is -0.482. The molecule has 0 radical (unpaired) electrons. The van der Waals surface area contributed by atoms with Gasteiger partial charge in [0.1, 0.15) is 12.4 Å². The van der Waals surface area contributed by atoms with E-state index in [0.717, 1.165) is 28.0 Å². The first-order valence-corrected chi connectivity index (χ1v) is 12.4. The summed E-state index contributed by atoms with van der Waals surface area (Å²) in [4.78, 5) is 15.1. The number of hydrogen-bond acceptors (Lipinski definition) is 6. The molecule has 0 aliphatic carbocycles. The Kier molecular flexibility index (Phi) is 10.1. The van der Waals surface area contributed by atoms with Gasteiger partial charge in [-0.25, -0.2) is 9.78 Å². The van der Waals surface area contributed by atoms with Gasteiger partial charge in [0.2, 0.25) is 4.34 Å². The molecule has 0 spiro atoms. The average molecular weight is 515 g/mol. The molecule has 0 unspecified atom stereocenters. The number of carbonyl (C=O) groups is 1. The fourth-order valence-corrected chi connectivity index (χ4v) is 5.64. The fourth-order valence-electron chi connectivity index (χ4n) is 3.08. The number of aromatic carboxylic acids is 1. The van der Waals surface area contributed by atoms with Crippen molar-refractivity contribution in [3.63, 3.8) is 0 Å². The van der Waals surface area contributed by atoms with E-state index in [4.69, 9.17) is 9.84 Å². The second-order valence-corrected chi connectivity index (χ2v) is 10.9. The second-order valence-electron chi connectivity index (χ2n) is 7.92. The number of aryl methyl sites for hydroxylation is 2. The Morgan fingerprint density at radius 2 is 1.79 bits per heavy atom. The first-order chi connectivity index (χ1) is 15.1. The number of carboxylic acid groups (broad SMARTS) is 1. The van der Waals surface area contributed by atoms with E-state index < -0.39 is 16.0 Å². The van der Waals surface area contributed by atoms with Crippen LogP contribution in [0.25, 0.3) is 0 Å². The van der Waals surface area contributed by atoms with Gasteiger partial charge < -0.3 is 9.84 Å². The van der Waals surface area contributed by atoms with Crippen LogP contribution in [0.15, 0.2) is 52.3 Å². The Hall–Kier alpha value is -1.27. The van der Waals surface area contributed by atoms with Gasteiger partial charge in [0.25, 0.3) is 10.0 Å².